The largest absolute Gasteiger partial charge is 0.393 e. The van der Waals surface area contributed by atoms with Crippen LogP contribution < -0.4 is 5.32 Å². The minimum atomic E-state index is -0.532. The van der Waals surface area contributed by atoms with Gasteiger partial charge in [-0.15, -0.1) is 0 Å². The van der Waals surface area contributed by atoms with Crippen LogP contribution in [0.15, 0.2) is 79.0 Å². The summed E-state index contributed by atoms with van der Waals surface area (Å²) in [5.74, 6) is -0.0904. The summed E-state index contributed by atoms with van der Waals surface area (Å²) in [6.45, 7) is 2.25. The number of nitriles is 1. The van der Waals surface area contributed by atoms with Crippen LogP contribution in [-0.2, 0) is 6.42 Å². The number of benzene rings is 3. The zero-order valence-corrected chi connectivity index (χ0v) is 20.2. The van der Waals surface area contributed by atoms with E-state index in [1.807, 2.05) is 48.5 Å². The quantitative estimate of drug-likeness (QED) is 0.258. The van der Waals surface area contributed by atoms with Crippen LogP contribution in [0, 0.1) is 11.3 Å². The number of nitrogens with zero attached hydrogens (tertiary/aromatic N) is 1. The predicted molar refractivity (Wildman–Crippen MR) is 140 cm³/mol. The van der Waals surface area contributed by atoms with Crippen LogP contribution in [0.4, 0.5) is 0 Å². The monoisotopic (exact) mass is 479 g/mol. The molecule has 4 aromatic rings. The number of fused-ring (bicyclic) bond motifs is 1. The maximum Gasteiger partial charge on any atom is 0.186 e. The topological polar surface area (TPSA) is 106 Å². The van der Waals surface area contributed by atoms with Crippen LogP contribution in [0.5, 0.6) is 0 Å². The number of nitrogens with one attached hydrogen (secondary N) is 2. The minimum absolute atomic E-state index is 0.0353. The number of hydrogen-bond donors (Lipinski definition) is 3. The van der Waals surface area contributed by atoms with Gasteiger partial charge in [-0.1, -0.05) is 54.6 Å². The number of hydrogen-bond acceptors (Lipinski definition) is 5. The molecule has 2 atom stereocenters. The van der Waals surface area contributed by atoms with Crippen LogP contribution >= 0.6 is 0 Å². The van der Waals surface area contributed by atoms with Crippen molar-refractivity contribution in [3.63, 3.8) is 0 Å². The fourth-order valence-corrected chi connectivity index (χ4v) is 4.26. The lowest BCUT2D eigenvalue weighted by molar-refractivity contribution is 0.0940. The van der Waals surface area contributed by atoms with Gasteiger partial charge in [-0.2, -0.15) is 5.26 Å². The van der Waals surface area contributed by atoms with E-state index in [0.29, 0.717) is 36.1 Å². The number of aliphatic hydroxyl groups is 1. The molecule has 1 unspecified atom stereocenters. The third-order valence-electron chi connectivity index (χ3n) is 6.30. The van der Waals surface area contributed by atoms with Crippen LogP contribution in [0.2, 0.25) is 0 Å². The molecule has 0 saturated carbocycles. The van der Waals surface area contributed by atoms with E-state index in [1.165, 1.54) is 0 Å². The second-order valence-corrected chi connectivity index (χ2v) is 8.99. The molecule has 3 aromatic carbocycles. The summed E-state index contributed by atoms with van der Waals surface area (Å²) in [6.07, 6.45) is 2.59. The molecule has 0 radical (unpaired) electrons. The number of aromatic nitrogens is 1. The Morgan fingerprint density at radius 1 is 1.06 bits per heavy atom. The maximum atomic E-state index is 13.7. The fraction of sp³-hybridized carbons (Fsp3) is 0.233. The Bertz CT molecular complexity index is 1380. The first-order chi connectivity index (χ1) is 17.5. The third kappa shape index (κ3) is 5.95. The number of H-pyrrole nitrogens is 1. The first-order valence-electron chi connectivity index (χ1n) is 12.1. The van der Waals surface area contributed by atoms with Crippen molar-refractivity contribution in [1.29, 1.82) is 5.26 Å². The average Bonchev–Trinajstić information content (AvgIpc) is 3.33. The highest BCUT2D eigenvalue weighted by molar-refractivity contribution is 6.11. The molecular formula is C30H29N3O3. The van der Waals surface area contributed by atoms with E-state index < -0.39 is 12.1 Å². The highest BCUT2D eigenvalue weighted by atomic mass is 16.3. The molecule has 0 aliphatic heterocycles. The van der Waals surface area contributed by atoms with Gasteiger partial charge >= 0.3 is 0 Å². The highest BCUT2D eigenvalue weighted by Gasteiger charge is 2.24. The summed E-state index contributed by atoms with van der Waals surface area (Å²) in [4.78, 5) is 29.4. The molecule has 1 heterocycles. The molecule has 182 valence electrons. The lowest BCUT2D eigenvalue weighted by atomic mass is 9.96. The molecule has 1 aromatic heterocycles. The van der Waals surface area contributed by atoms with Gasteiger partial charge in [0.1, 0.15) is 0 Å². The van der Waals surface area contributed by atoms with Gasteiger partial charge in [0.15, 0.2) is 11.6 Å². The molecular weight excluding hydrogens is 450 g/mol. The smallest absolute Gasteiger partial charge is 0.186 e. The number of ketones is 2. The second kappa shape index (κ2) is 11.6. The summed E-state index contributed by atoms with van der Waals surface area (Å²) >= 11 is 0. The van der Waals surface area contributed by atoms with Crippen molar-refractivity contribution in [2.45, 2.75) is 38.3 Å². The van der Waals surface area contributed by atoms with Gasteiger partial charge < -0.3 is 15.4 Å². The van der Waals surface area contributed by atoms with Crippen LogP contribution in [-0.4, -0.2) is 34.3 Å². The van der Waals surface area contributed by atoms with E-state index >= 15 is 0 Å². The van der Waals surface area contributed by atoms with E-state index in [1.54, 1.807) is 37.4 Å². The first kappa shape index (κ1) is 25.1. The van der Waals surface area contributed by atoms with Crippen molar-refractivity contribution in [2.24, 2.45) is 0 Å². The van der Waals surface area contributed by atoms with Crippen molar-refractivity contribution in [1.82, 2.24) is 10.3 Å². The van der Waals surface area contributed by atoms with Gasteiger partial charge in [0.2, 0.25) is 0 Å². The number of carbonyl (C=O) groups excluding carboxylic acids is 2. The lowest BCUT2D eigenvalue weighted by Crippen LogP contribution is -2.30. The number of carbonyl (C=O) groups is 2. The Morgan fingerprint density at radius 3 is 2.50 bits per heavy atom. The van der Waals surface area contributed by atoms with Gasteiger partial charge in [-0.05, 0) is 49.1 Å². The fourth-order valence-electron chi connectivity index (χ4n) is 4.26. The van der Waals surface area contributed by atoms with Crippen LogP contribution in [0.25, 0.3) is 10.9 Å². The Hall–Kier alpha value is -4.05. The van der Waals surface area contributed by atoms with Crippen molar-refractivity contribution in [3.05, 3.63) is 107 Å². The molecule has 0 spiro atoms. The molecule has 4 rings (SSSR count). The average molecular weight is 480 g/mol. The molecule has 0 aliphatic carbocycles. The Kier molecular flexibility index (Phi) is 8.06. The van der Waals surface area contributed by atoms with Crippen molar-refractivity contribution >= 4 is 22.5 Å². The zero-order valence-electron chi connectivity index (χ0n) is 20.2. The number of rotatable bonds is 11. The van der Waals surface area contributed by atoms with E-state index in [9.17, 15) is 14.7 Å². The maximum absolute atomic E-state index is 13.7. The third-order valence-corrected chi connectivity index (χ3v) is 6.30. The van der Waals surface area contributed by atoms with Gasteiger partial charge in [0.05, 0.1) is 23.8 Å². The first-order valence-corrected chi connectivity index (χ1v) is 12.1. The van der Waals surface area contributed by atoms with E-state index in [0.717, 1.165) is 22.0 Å². The number of aliphatic hydroxyl groups excluding tert-OH is 1. The van der Waals surface area contributed by atoms with Crippen LogP contribution in [0.1, 0.15) is 63.2 Å². The van der Waals surface area contributed by atoms with E-state index in [-0.39, 0.29) is 18.0 Å². The van der Waals surface area contributed by atoms with Crippen LogP contribution in [0.3, 0.4) is 0 Å². The lowest BCUT2D eigenvalue weighted by Gasteiger charge is -2.18. The molecule has 0 aliphatic rings. The molecule has 0 fully saturated rings. The summed E-state index contributed by atoms with van der Waals surface area (Å²) in [5.41, 5.74) is 4.43. The Balaban J connectivity index is 1.53. The van der Waals surface area contributed by atoms with Crippen molar-refractivity contribution in [3.8, 4) is 6.07 Å². The normalized spacial score (nSPS) is 12.7. The van der Waals surface area contributed by atoms with Crippen molar-refractivity contribution < 1.29 is 14.7 Å². The number of Topliss-reactive ketones (excluding diaryl/α,β-unsaturated/α-hetero) is 2. The zero-order chi connectivity index (χ0) is 25.5. The van der Waals surface area contributed by atoms with E-state index in [2.05, 4.69) is 16.4 Å². The molecule has 6 heteroatoms. The standard InChI is InChI=1S/C30H29N3O3/c1-20(34)7-14-28(35)24-12-13-25-26(19-33-27(25)17-24)30(36)29(23-5-3-2-4-6-23)32-16-15-21-8-10-22(18-31)11-9-21/h2-6,8-13,17,19-20,29,32-34H,7,14-16H2,1H3/t20-,29?/m1/s1. The predicted octanol–water partition coefficient (Wildman–Crippen LogP) is 5.14. The van der Waals surface area contributed by atoms with E-state index in [4.69, 9.17) is 5.26 Å². The SMILES string of the molecule is C[C@@H](O)CCC(=O)c1ccc2c(C(=O)C(NCCc3ccc(C#N)cc3)c3ccccc3)c[nH]c2c1. The molecule has 6 nitrogen and oxygen atoms in total. The summed E-state index contributed by atoms with van der Waals surface area (Å²) in [6, 6.07) is 24.0. The molecule has 3 N–H and O–H groups in total. The molecule has 36 heavy (non-hydrogen) atoms. The summed E-state index contributed by atoms with van der Waals surface area (Å²) in [5, 5.41) is 22.6. The van der Waals surface area contributed by atoms with Gasteiger partial charge in [-0.3, -0.25) is 9.59 Å². The van der Waals surface area contributed by atoms with Gasteiger partial charge in [0, 0.05) is 41.2 Å². The Morgan fingerprint density at radius 2 is 1.81 bits per heavy atom. The van der Waals surface area contributed by atoms with Crippen molar-refractivity contribution in [2.75, 3.05) is 6.54 Å². The summed E-state index contributed by atoms with van der Waals surface area (Å²) < 4.78 is 0. The van der Waals surface area contributed by atoms with Gasteiger partial charge in [0.25, 0.3) is 0 Å². The molecule has 0 saturated heterocycles. The summed E-state index contributed by atoms with van der Waals surface area (Å²) in [7, 11) is 0. The second-order valence-electron chi connectivity index (χ2n) is 8.99. The Labute approximate surface area is 210 Å². The highest BCUT2D eigenvalue weighted by Crippen LogP contribution is 2.26. The number of aromatic amines is 1. The minimum Gasteiger partial charge on any atom is -0.393 e. The molecule has 0 bridgehead atoms. The molecule has 0 amide bonds. The van der Waals surface area contributed by atoms with Gasteiger partial charge in [-0.25, -0.2) is 0 Å².